The molecule has 0 aliphatic carbocycles. The summed E-state index contributed by atoms with van der Waals surface area (Å²) >= 11 is 1.30. The number of rotatable bonds is 3. The molecule has 0 spiro atoms. The summed E-state index contributed by atoms with van der Waals surface area (Å²) in [5.74, 6) is 0.0711. The molecule has 1 fully saturated rings. The van der Waals surface area contributed by atoms with Crippen molar-refractivity contribution >= 4 is 38.4 Å². The van der Waals surface area contributed by atoms with Crippen LogP contribution in [0.15, 0.2) is 23.3 Å². The van der Waals surface area contributed by atoms with Gasteiger partial charge in [-0.05, 0) is 31.0 Å². The fourth-order valence-electron chi connectivity index (χ4n) is 3.41. The Balaban J connectivity index is 1.63. The smallest absolute Gasteiger partial charge is 0.222 e. The van der Waals surface area contributed by atoms with E-state index in [9.17, 15) is 14.3 Å². The Kier molecular flexibility index (Phi) is 4.62. The Bertz CT molecular complexity index is 1050. The third-order valence-corrected chi connectivity index (χ3v) is 5.58. The van der Waals surface area contributed by atoms with Crippen LogP contribution in [0.1, 0.15) is 24.5 Å². The number of phenols is 1. The molecule has 1 amide bonds. The minimum absolute atomic E-state index is 0.0485. The summed E-state index contributed by atoms with van der Waals surface area (Å²) in [5, 5.41) is 15.1. The average molecular weight is 401 g/mol. The number of fused-ring (bicyclic) bond motifs is 1. The van der Waals surface area contributed by atoms with Crippen molar-refractivity contribution in [1.82, 2.24) is 19.7 Å². The van der Waals surface area contributed by atoms with Gasteiger partial charge in [-0.2, -0.15) is 4.98 Å². The number of aromatic nitrogens is 3. The van der Waals surface area contributed by atoms with Gasteiger partial charge in [0.25, 0.3) is 0 Å². The maximum atomic E-state index is 14.2. The minimum atomic E-state index is -1.26. The lowest BCUT2D eigenvalue weighted by molar-refractivity contribution is -0.129. The first-order chi connectivity index (χ1) is 13.4. The lowest BCUT2D eigenvalue weighted by Gasteiger charge is -2.12. The molecule has 1 aromatic carbocycles. The minimum Gasteiger partial charge on any atom is -0.506 e. The molecule has 146 valence electrons. The fraction of sp³-hybridized carbons (Fsp3) is 0.368. The molecule has 3 heterocycles. The molecule has 1 aliphatic rings. The monoisotopic (exact) mass is 401 g/mol. The number of aryl methyl sites for hydroxylation is 2. The summed E-state index contributed by atoms with van der Waals surface area (Å²) in [5.41, 5.74) is 3.28. The quantitative estimate of drug-likeness (QED) is 0.728. The van der Waals surface area contributed by atoms with E-state index in [1.165, 1.54) is 16.2 Å². The van der Waals surface area contributed by atoms with Gasteiger partial charge in [-0.25, -0.2) is 14.1 Å². The van der Waals surface area contributed by atoms with Crippen molar-refractivity contribution in [3.05, 3.63) is 29.5 Å². The van der Waals surface area contributed by atoms with E-state index in [1.807, 2.05) is 19.9 Å². The van der Waals surface area contributed by atoms with Crippen LogP contribution in [0.3, 0.4) is 0 Å². The van der Waals surface area contributed by atoms with Gasteiger partial charge in [0, 0.05) is 6.42 Å². The highest BCUT2D eigenvalue weighted by Gasteiger charge is 2.31. The molecule has 0 unspecified atom stereocenters. The van der Waals surface area contributed by atoms with Gasteiger partial charge in [0.2, 0.25) is 11.0 Å². The van der Waals surface area contributed by atoms with Gasteiger partial charge < -0.3 is 10.0 Å². The lowest BCUT2D eigenvalue weighted by atomic mass is 10.1. The molecule has 0 radical (unpaired) electrons. The second kappa shape index (κ2) is 6.97. The van der Waals surface area contributed by atoms with Crippen molar-refractivity contribution in [2.24, 2.45) is 4.99 Å². The number of benzene rings is 1. The molecule has 1 aliphatic heterocycles. The van der Waals surface area contributed by atoms with E-state index in [0.29, 0.717) is 28.6 Å². The number of hydrogen-bond acceptors (Lipinski definition) is 6. The molecule has 1 atom stereocenters. The first kappa shape index (κ1) is 18.5. The van der Waals surface area contributed by atoms with Crippen LogP contribution in [0.2, 0.25) is 0 Å². The van der Waals surface area contributed by atoms with Crippen LogP contribution >= 0.6 is 11.3 Å². The van der Waals surface area contributed by atoms with Gasteiger partial charge in [-0.3, -0.25) is 4.79 Å². The Morgan fingerprint density at radius 1 is 1.43 bits per heavy atom. The molecule has 9 heteroatoms. The summed E-state index contributed by atoms with van der Waals surface area (Å²) in [4.78, 5) is 21.9. The van der Waals surface area contributed by atoms with Crippen LogP contribution in [0, 0.1) is 13.8 Å². The molecule has 7 nitrogen and oxygen atoms in total. The summed E-state index contributed by atoms with van der Waals surface area (Å²) in [7, 11) is 0. The Morgan fingerprint density at radius 3 is 2.89 bits per heavy atom. The number of halogens is 1. The molecular formula is C19H20FN5O2S. The molecular weight excluding hydrogens is 381 g/mol. The first-order valence-corrected chi connectivity index (χ1v) is 9.83. The number of carbonyl (C=O) groups excluding carboxylic acids is 1. The van der Waals surface area contributed by atoms with Crippen molar-refractivity contribution in [2.75, 3.05) is 13.1 Å². The highest BCUT2D eigenvalue weighted by molar-refractivity contribution is 7.21. The second-order valence-electron chi connectivity index (χ2n) is 6.91. The molecule has 0 bridgehead atoms. The summed E-state index contributed by atoms with van der Waals surface area (Å²) in [6.45, 7) is 5.83. The van der Waals surface area contributed by atoms with Crippen LogP contribution in [0.5, 0.6) is 5.75 Å². The second-order valence-corrected chi connectivity index (χ2v) is 7.92. The Hall–Kier alpha value is -2.81. The third kappa shape index (κ3) is 3.26. The van der Waals surface area contributed by atoms with Crippen molar-refractivity contribution in [3.8, 4) is 11.4 Å². The molecule has 4 rings (SSSR count). The number of carbonyl (C=O) groups is 1. The number of amides is 1. The van der Waals surface area contributed by atoms with E-state index in [1.54, 1.807) is 23.9 Å². The highest BCUT2D eigenvalue weighted by Crippen LogP contribution is 2.32. The van der Waals surface area contributed by atoms with Crippen molar-refractivity contribution in [2.45, 2.75) is 33.4 Å². The van der Waals surface area contributed by atoms with Gasteiger partial charge in [-0.15, -0.1) is 5.10 Å². The van der Waals surface area contributed by atoms with E-state index < -0.39 is 6.17 Å². The van der Waals surface area contributed by atoms with Crippen LogP contribution < -0.4 is 0 Å². The van der Waals surface area contributed by atoms with Crippen LogP contribution in [0.4, 0.5) is 9.52 Å². The zero-order chi connectivity index (χ0) is 20.0. The van der Waals surface area contributed by atoms with Crippen LogP contribution in [0.25, 0.3) is 16.0 Å². The largest absolute Gasteiger partial charge is 0.506 e. The number of likely N-dealkylation sites (tertiary alicyclic amines) is 1. The fourth-order valence-corrected chi connectivity index (χ4v) is 4.23. The van der Waals surface area contributed by atoms with Gasteiger partial charge in [0.15, 0.2) is 11.8 Å². The Morgan fingerprint density at radius 2 is 2.21 bits per heavy atom. The van der Waals surface area contributed by atoms with E-state index in [0.717, 1.165) is 15.8 Å². The third-order valence-electron chi connectivity index (χ3n) is 4.71. The van der Waals surface area contributed by atoms with Crippen LogP contribution in [-0.2, 0) is 4.79 Å². The number of phenolic OH excluding ortho intramolecular Hbond substituents is 1. The predicted molar refractivity (Wildman–Crippen MR) is 107 cm³/mol. The molecule has 2 aromatic heterocycles. The summed E-state index contributed by atoms with van der Waals surface area (Å²) in [6, 6.07) is 3.66. The normalized spacial score (nSPS) is 18.5. The van der Waals surface area contributed by atoms with Crippen molar-refractivity contribution in [3.63, 3.8) is 0 Å². The molecule has 0 saturated carbocycles. The van der Waals surface area contributed by atoms with E-state index >= 15 is 0 Å². The number of hydrogen-bond donors (Lipinski definition) is 1. The maximum absolute atomic E-state index is 14.2. The maximum Gasteiger partial charge on any atom is 0.222 e. The average Bonchev–Trinajstić information content (AvgIpc) is 3.27. The highest BCUT2D eigenvalue weighted by atomic mass is 32.1. The van der Waals surface area contributed by atoms with Crippen LogP contribution in [-0.4, -0.2) is 55.7 Å². The van der Waals surface area contributed by atoms with Crippen molar-refractivity contribution in [1.29, 1.82) is 0 Å². The summed E-state index contributed by atoms with van der Waals surface area (Å²) in [6.07, 6.45) is 0.863. The van der Waals surface area contributed by atoms with Crippen molar-refractivity contribution < 1.29 is 14.3 Å². The lowest BCUT2D eigenvalue weighted by Crippen LogP contribution is -2.28. The zero-order valence-electron chi connectivity index (χ0n) is 15.8. The van der Waals surface area contributed by atoms with Gasteiger partial charge in [0.05, 0.1) is 29.7 Å². The van der Waals surface area contributed by atoms with Gasteiger partial charge in [0.1, 0.15) is 11.4 Å². The number of nitrogens with zero attached hydrogens (tertiary/aromatic N) is 5. The zero-order valence-corrected chi connectivity index (χ0v) is 16.6. The Labute approximate surface area is 165 Å². The standard InChI is InChI=1S/C19H20FN5O2S/c1-4-16(27)24-7-12(20)13(8-24)21-19-22-18-15(28-19)9-25(23-18)17-11(3)5-10(2)6-14(17)26/h5-6,9,12,26H,4,7-8H2,1-3H3/b21-13-/t12-/m0/s1. The summed E-state index contributed by atoms with van der Waals surface area (Å²) < 4.78 is 16.6. The van der Waals surface area contributed by atoms with Gasteiger partial charge in [-0.1, -0.05) is 24.3 Å². The SMILES string of the molecule is CCC(=O)N1C/C(=N/c2nc3nn(-c4c(C)cc(C)cc4O)cc3s2)[C@@H](F)C1. The van der Waals surface area contributed by atoms with Gasteiger partial charge >= 0.3 is 0 Å². The van der Waals surface area contributed by atoms with E-state index in [2.05, 4.69) is 15.1 Å². The topological polar surface area (TPSA) is 83.6 Å². The predicted octanol–water partition coefficient (Wildman–Crippen LogP) is 3.47. The van der Waals surface area contributed by atoms with E-state index in [-0.39, 0.29) is 24.7 Å². The molecule has 1 saturated heterocycles. The molecule has 28 heavy (non-hydrogen) atoms. The molecule has 3 aromatic rings. The van der Waals surface area contributed by atoms with E-state index in [4.69, 9.17) is 0 Å². The molecule has 1 N–H and O–H groups in total. The number of alkyl halides is 1. The number of aliphatic imine (C=N–C) groups is 1. The number of thiazole rings is 1. The number of aromatic hydroxyl groups is 1. The first-order valence-electron chi connectivity index (χ1n) is 9.01.